The van der Waals surface area contributed by atoms with Gasteiger partial charge < -0.3 is 15.6 Å². The van der Waals surface area contributed by atoms with Gasteiger partial charge in [-0.1, -0.05) is 18.2 Å². The fourth-order valence-electron chi connectivity index (χ4n) is 1.47. The summed E-state index contributed by atoms with van der Waals surface area (Å²) in [6.07, 6.45) is 3.42. The molecule has 0 unspecified atom stereocenters. The summed E-state index contributed by atoms with van der Waals surface area (Å²) < 4.78 is 7.24. The van der Waals surface area contributed by atoms with Crippen LogP contribution in [-0.2, 0) is 13.2 Å². The first kappa shape index (κ1) is 11.5. The molecule has 0 aliphatic heterocycles. The van der Waals surface area contributed by atoms with Crippen LogP contribution in [0.15, 0.2) is 36.7 Å². The molecule has 1 aromatic heterocycles. The lowest BCUT2D eigenvalue weighted by Gasteiger charge is -2.05. The molecule has 17 heavy (non-hydrogen) atoms. The minimum atomic E-state index is 0.238. The maximum atomic E-state index is 9.56. The molecular formula is C12H15N3O2. The van der Waals surface area contributed by atoms with Gasteiger partial charge in [-0.3, -0.25) is 4.68 Å². The van der Waals surface area contributed by atoms with Gasteiger partial charge in [0.2, 0.25) is 0 Å². The Bertz CT molecular complexity index is 482. The van der Waals surface area contributed by atoms with Crippen LogP contribution in [0.4, 0.5) is 0 Å². The SMILES string of the molecule is NCCn1cc(OCc2ccccc2O)cn1. The van der Waals surface area contributed by atoms with Gasteiger partial charge in [-0.05, 0) is 6.07 Å². The summed E-state index contributed by atoms with van der Waals surface area (Å²) in [5.74, 6) is 0.906. The highest BCUT2D eigenvalue weighted by Gasteiger charge is 2.02. The summed E-state index contributed by atoms with van der Waals surface area (Å²) in [5, 5.41) is 13.7. The van der Waals surface area contributed by atoms with Crippen molar-refractivity contribution in [3.05, 3.63) is 42.2 Å². The van der Waals surface area contributed by atoms with E-state index in [0.717, 1.165) is 5.56 Å². The first-order chi connectivity index (χ1) is 8.29. The van der Waals surface area contributed by atoms with Gasteiger partial charge in [-0.15, -0.1) is 0 Å². The summed E-state index contributed by atoms with van der Waals surface area (Å²) in [6, 6.07) is 7.09. The van der Waals surface area contributed by atoms with Crippen molar-refractivity contribution in [2.24, 2.45) is 5.73 Å². The lowest BCUT2D eigenvalue weighted by Crippen LogP contribution is -2.09. The number of hydrogen-bond donors (Lipinski definition) is 2. The average molecular weight is 233 g/mol. The first-order valence-electron chi connectivity index (χ1n) is 5.42. The first-order valence-corrected chi connectivity index (χ1v) is 5.42. The van der Waals surface area contributed by atoms with Crippen LogP contribution in [0.5, 0.6) is 11.5 Å². The Labute approximate surface area is 99.4 Å². The number of phenols is 1. The van der Waals surface area contributed by atoms with Gasteiger partial charge in [-0.2, -0.15) is 5.10 Å². The van der Waals surface area contributed by atoms with Gasteiger partial charge in [-0.25, -0.2) is 0 Å². The van der Waals surface area contributed by atoms with Crippen molar-refractivity contribution in [1.29, 1.82) is 0 Å². The maximum absolute atomic E-state index is 9.56. The van der Waals surface area contributed by atoms with Gasteiger partial charge in [0.05, 0.1) is 18.9 Å². The highest BCUT2D eigenvalue weighted by atomic mass is 16.5. The standard InChI is InChI=1S/C12H15N3O2/c13-5-6-15-8-11(7-14-15)17-9-10-3-1-2-4-12(10)16/h1-4,7-8,16H,5-6,9,13H2. The third-order valence-electron chi connectivity index (χ3n) is 2.35. The van der Waals surface area contributed by atoms with Crippen molar-refractivity contribution in [1.82, 2.24) is 9.78 Å². The average Bonchev–Trinajstić information content (AvgIpc) is 2.76. The fraction of sp³-hybridized carbons (Fsp3) is 0.250. The highest BCUT2D eigenvalue weighted by molar-refractivity contribution is 5.31. The van der Waals surface area contributed by atoms with E-state index in [1.165, 1.54) is 0 Å². The van der Waals surface area contributed by atoms with E-state index < -0.39 is 0 Å². The Balaban J connectivity index is 1.95. The highest BCUT2D eigenvalue weighted by Crippen LogP contribution is 2.18. The molecule has 0 saturated carbocycles. The number of hydrogen-bond acceptors (Lipinski definition) is 4. The quantitative estimate of drug-likeness (QED) is 0.811. The monoisotopic (exact) mass is 233 g/mol. The van der Waals surface area contributed by atoms with E-state index in [-0.39, 0.29) is 5.75 Å². The zero-order chi connectivity index (χ0) is 12.1. The van der Waals surface area contributed by atoms with E-state index in [2.05, 4.69) is 5.10 Å². The Kier molecular flexibility index (Phi) is 3.62. The second-order valence-corrected chi connectivity index (χ2v) is 3.65. The summed E-state index contributed by atoms with van der Waals surface area (Å²) in [7, 11) is 0. The number of para-hydroxylation sites is 1. The molecule has 2 aromatic rings. The van der Waals surface area contributed by atoms with Gasteiger partial charge in [0.1, 0.15) is 12.4 Å². The molecule has 1 heterocycles. The summed E-state index contributed by atoms with van der Waals surface area (Å²) in [5.41, 5.74) is 6.17. The van der Waals surface area contributed by atoms with Gasteiger partial charge >= 0.3 is 0 Å². The van der Waals surface area contributed by atoms with Crippen LogP contribution >= 0.6 is 0 Å². The van der Waals surface area contributed by atoms with Crippen molar-refractivity contribution >= 4 is 0 Å². The van der Waals surface area contributed by atoms with Crippen LogP contribution in [0.1, 0.15) is 5.56 Å². The second-order valence-electron chi connectivity index (χ2n) is 3.65. The lowest BCUT2D eigenvalue weighted by atomic mass is 10.2. The summed E-state index contributed by atoms with van der Waals surface area (Å²) in [6.45, 7) is 1.53. The normalized spacial score (nSPS) is 10.4. The van der Waals surface area contributed by atoms with E-state index in [1.807, 2.05) is 12.1 Å². The molecule has 0 fully saturated rings. The summed E-state index contributed by atoms with van der Waals surface area (Å²) in [4.78, 5) is 0. The number of phenolic OH excluding ortho intramolecular Hbond substituents is 1. The molecule has 90 valence electrons. The molecule has 0 atom stereocenters. The number of rotatable bonds is 5. The molecule has 3 N–H and O–H groups in total. The molecule has 5 nitrogen and oxygen atoms in total. The van der Waals surface area contributed by atoms with Crippen molar-refractivity contribution in [2.75, 3.05) is 6.54 Å². The number of aromatic nitrogens is 2. The zero-order valence-corrected chi connectivity index (χ0v) is 9.41. The topological polar surface area (TPSA) is 73.3 Å². The van der Waals surface area contributed by atoms with Crippen molar-refractivity contribution < 1.29 is 9.84 Å². The number of ether oxygens (including phenoxy) is 1. The van der Waals surface area contributed by atoms with Crippen molar-refractivity contribution in [3.8, 4) is 11.5 Å². The molecule has 0 spiro atoms. The number of aromatic hydroxyl groups is 1. The number of nitrogens with two attached hydrogens (primary N) is 1. The van der Waals surface area contributed by atoms with Gasteiger partial charge in [0, 0.05) is 12.1 Å². The minimum absolute atomic E-state index is 0.238. The van der Waals surface area contributed by atoms with E-state index in [1.54, 1.807) is 29.2 Å². The van der Waals surface area contributed by atoms with Crippen LogP contribution in [-0.4, -0.2) is 21.4 Å². The Morgan fingerprint density at radius 3 is 2.94 bits per heavy atom. The van der Waals surface area contributed by atoms with Crippen LogP contribution in [0, 0.1) is 0 Å². The molecule has 0 aliphatic carbocycles. The molecule has 0 saturated heterocycles. The van der Waals surface area contributed by atoms with E-state index in [9.17, 15) is 5.11 Å². The van der Waals surface area contributed by atoms with E-state index in [4.69, 9.17) is 10.5 Å². The summed E-state index contributed by atoms with van der Waals surface area (Å²) >= 11 is 0. The minimum Gasteiger partial charge on any atom is -0.508 e. The van der Waals surface area contributed by atoms with Crippen LogP contribution in [0.25, 0.3) is 0 Å². The van der Waals surface area contributed by atoms with Crippen LogP contribution in [0.3, 0.4) is 0 Å². The van der Waals surface area contributed by atoms with Crippen LogP contribution in [0.2, 0.25) is 0 Å². The van der Waals surface area contributed by atoms with Crippen LogP contribution < -0.4 is 10.5 Å². The van der Waals surface area contributed by atoms with Crippen molar-refractivity contribution in [3.63, 3.8) is 0 Å². The number of nitrogens with zero attached hydrogens (tertiary/aromatic N) is 2. The molecule has 0 amide bonds. The Morgan fingerprint density at radius 1 is 1.35 bits per heavy atom. The van der Waals surface area contributed by atoms with Gasteiger partial charge in [0.15, 0.2) is 5.75 Å². The molecule has 0 radical (unpaired) electrons. The molecule has 5 heteroatoms. The fourth-order valence-corrected chi connectivity index (χ4v) is 1.47. The van der Waals surface area contributed by atoms with Crippen molar-refractivity contribution in [2.45, 2.75) is 13.2 Å². The third kappa shape index (κ3) is 2.98. The zero-order valence-electron chi connectivity index (χ0n) is 9.41. The molecular weight excluding hydrogens is 218 g/mol. The molecule has 0 bridgehead atoms. The Hall–Kier alpha value is -2.01. The molecule has 0 aliphatic rings. The van der Waals surface area contributed by atoms with E-state index >= 15 is 0 Å². The second kappa shape index (κ2) is 5.36. The third-order valence-corrected chi connectivity index (χ3v) is 2.35. The lowest BCUT2D eigenvalue weighted by molar-refractivity contribution is 0.298. The van der Waals surface area contributed by atoms with Gasteiger partial charge in [0.25, 0.3) is 0 Å². The smallest absolute Gasteiger partial charge is 0.157 e. The predicted octanol–water partition coefficient (Wildman–Crippen LogP) is 1.13. The molecule has 1 aromatic carbocycles. The molecule has 2 rings (SSSR count). The maximum Gasteiger partial charge on any atom is 0.157 e. The van der Waals surface area contributed by atoms with E-state index in [0.29, 0.717) is 25.4 Å². The Morgan fingerprint density at radius 2 is 2.18 bits per heavy atom. The predicted molar refractivity (Wildman–Crippen MR) is 63.7 cm³/mol. The largest absolute Gasteiger partial charge is 0.508 e. The number of benzene rings is 1.